The molecule has 1 aliphatic heterocycles. The smallest absolute Gasteiger partial charge is 0.262 e. The van der Waals surface area contributed by atoms with E-state index in [0.29, 0.717) is 23.0 Å². The Hall–Kier alpha value is -3.25. The molecule has 2 heterocycles. The molecule has 3 aromatic rings. The topological polar surface area (TPSA) is 67.1 Å². The largest absolute Gasteiger partial charge is 0.495 e. The molecule has 0 radical (unpaired) electrons. The third kappa shape index (κ3) is 4.12. The number of para-hydroxylation sites is 2. The Bertz CT molecular complexity index is 1020. The van der Waals surface area contributed by atoms with Crippen LogP contribution in [0.2, 0.25) is 5.02 Å². The van der Waals surface area contributed by atoms with E-state index in [0.717, 1.165) is 17.0 Å². The minimum absolute atomic E-state index is 0.0784. The number of methoxy groups -OCH3 is 1. The summed E-state index contributed by atoms with van der Waals surface area (Å²) in [4.78, 5) is 13.0. The predicted molar refractivity (Wildman–Crippen MR) is 112 cm³/mol. The van der Waals surface area contributed by atoms with Crippen molar-refractivity contribution < 1.29 is 13.9 Å². The number of carbonyl (C=O) groups is 1. The van der Waals surface area contributed by atoms with Crippen molar-refractivity contribution in [3.63, 3.8) is 0 Å². The van der Waals surface area contributed by atoms with Gasteiger partial charge in [-0.1, -0.05) is 35.9 Å². The van der Waals surface area contributed by atoms with Gasteiger partial charge in [0.25, 0.3) is 5.91 Å². The molecule has 1 N–H and O–H groups in total. The van der Waals surface area contributed by atoms with Gasteiger partial charge in [-0.15, -0.1) is 0 Å². The molecule has 0 spiro atoms. The van der Waals surface area contributed by atoms with E-state index < -0.39 is 0 Å². The lowest BCUT2D eigenvalue weighted by atomic mass is 10.0. The summed E-state index contributed by atoms with van der Waals surface area (Å²) in [5.41, 5.74) is 2.49. The molecule has 1 aromatic heterocycles. The van der Waals surface area contributed by atoms with Gasteiger partial charge in [-0.05, 0) is 42.0 Å². The maximum Gasteiger partial charge on any atom is 0.262 e. The fourth-order valence-corrected chi connectivity index (χ4v) is 3.43. The van der Waals surface area contributed by atoms with Crippen molar-refractivity contribution in [1.29, 1.82) is 0 Å². The molecule has 6 nitrogen and oxygen atoms in total. The molecule has 1 amide bonds. The molecular formula is C22H20ClN3O3. The second-order valence-corrected chi connectivity index (χ2v) is 7.02. The first kappa shape index (κ1) is 19.1. The van der Waals surface area contributed by atoms with E-state index in [-0.39, 0.29) is 18.5 Å². The standard InChI is InChI=1S/C22H20ClN3O3/c1-28-20-6-3-2-5-17(20)24-14-22(27)26-19(21-7-4-12-29-21)13-18(25-26)15-8-10-16(23)11-9-15/h2-12,19,24H,13-14H2,1H3. The number of hydrogen-bond acceptors (Lipinski definition) is 5. The third-order valence-corrected chi connectivity index (χ3v) is 5.00. The second kappa shape index (κ2) is 8.41. The number of furan rings is 1. The fourth-order valence-electron chi connectivity index (χ4n) is 3.30. The summed E-state index contributed by atoms with van der Waals surface area (Å²) in [6, 6.07) is 18.3. The number of halogens is 1. The number of benzene rings is 2. The van der Waals surface area contributed by atoms with E-state index in [9.17, 15) is 4.79 Å². The van der Waals surface area contributed by atoms with Crippen molar-refractivity contribution in [1.82, 2.24) is 5.01 Å². The molecule has 0 bridgehead atoms. The van der Waals surface area contributed by atoms with Crippen molar-refractivity contribution in [2.75, 3.05) is 19.0 Å². The van der Waals surface area contributed by atoms with Gasteiger partial charge < -0.3 is 14.5 Å². The molecule has 4 rings (SSSR count). The maximum absolute atomic E-state index is 13.0. The van der Waals surface area contributed by atoms with Gasteiger partial charge in [0, 0.05) is 11.4 Å². The van der Waals surface area contributed by atoms with E-state index in [1.54, 1.807) is 13.4 Å². The zero-order valence-electron chi connectivity index (χ0n) is 15.8. The summed E-state index contributed by atoms with van der Waals surface area (Å²) in [6.07, 6.45) is 2.17. The Morgan fingerprint density at radius 2 is 2.00 bits per heavy atom. The molecule has 1 unspecified atom stereocenters. The lowest BCUT2D eigenvalue weighted by Crippen LogP contribution is -2.32. The Kier molecular flexibility index (Phi) is 5.53. The van der Waals surface area contributed by atoms with Crippen LogP contribution in [0, 0.1) is 0 Å². The van der Waals surface area contributed by atoms with E-state index in [4.69, 9.17) is 20.8 Å². The van der Waals surface area contributed by atoms with Crippen molar-refractivity contribution >= 4 is 28.9 Å². The highest BCUT2D eigenvalue weighted by Crippen LogP contribution is 2.33. The quantitative estimate of drug-likeness (QED) is 0.639. The van der Waals surface area contributed by atoms with Gasteiger partial charge in [0.05, 0.1) is 31.3 Å². The minimum atomic E-state index is -0.289. The van der Waals surface area contributed by atoms with Gasteiger partial charge >= 0.3 is 0 Å². The number of anilines is 1. The number of amides is 1. The lowest BCUT2D eigenvalue weighted by molar-refractivity contribution is -0.131. The molecule has 1 atom stereocenters. The first-order chi connectivity index (χ1) is 14.2. The fraction of sp³-hybridized carbons (Fsp3) is 0.182. The molecule has 0 saturated heterocycles. The monoisotopic (exact) mass is 409 g/mol. The number of nitrogens with zero attached hydrogens (tertiary/aromatic N) is 2. The Morgan fingerprint density at radius 3 is 2.72 bits per heavy atom. The van der Waals surface area contributed by atoms with Gasteiger partial charge in [0.15, 0.2) is 0 Å². The summed E-state index contributed by atoms with van der Waals surface area (Å²) >= 11 is 5.99. The van der Waals surface area contributed by atoms with Crippen LogP contribution in [0.5, 0.6) is 5.75 Å². The van der Waals surface area contributed by atoms with Crippen LogP contribution < -0.4 is 10.1 Å². The Balaban J connectivity index is 1.55. The first-order valence-electron chi connectivity index (χ1n) is 9.21. The predicted octanol–water partition coefficient (Wildman–Crippen LogP) is 4.73. The average molecular weight is 410 g/mol. The normalized spacial score (nSPS) is 15.9. The van der Waals surface area contributed by atoms with Crippen molar-refractivity contribution in [3.05, 3.63) is 83.3 Å². The summed E-state index contributed by atoms with van der Waals surface area (Å²) in [5.74, 6) is 1.21. The van der Waals surface area contributed by atoms with Crippen LogP contribution in [-0.2, 0) is 4.79 Å². The number of hydrogen-bond donors (Lipinski definition) is 1. The number of carbonyl (C=O) groups excluding carboxylic acids is 1. The highest BCUT2D eigenvalue weighted by molar-refractivity contribution is 6.30. The molecule has 0 fully saturated rings. The van der Waals surface area contributed by atoms with Crippen molar-refractivity contribution in [3.8, 4) is 5.75 Å². The van der Waals surface area contributed by atoms with E-state index in [1.165, 1.54) is 5.01 Å². The van der Waals surface area contributed by atoms with E-state index in [2.05, 4.69) is 10.4 Å². The molecule has 1 aliphatic rings. The number of ether oxygens (including phenoxy) is 1. The van der Waals surface area contributed by atoms with Gasteiger partial charge in [0.2, 0.25) is 0 Å². The van der Waals surface area contributed by atoms with E-state index in [1.807, 2.05) is 60.7 Å². The number of rotatable bonds is 6. The van der Waals surface area contributed by atoms with Crippen LogP contribution in [0.15, 0.2) is 76.4 Å². The van der Waals surface area contributed by atoms with Gasteiger partial charge in [0.1, 0.15) is 17.6 Å². The highest BCUT2D eigenvalue weighted by atomic mass is 35.5. The third-order valence-electron chi connectivity index (χ3n) is 4.75. The van der Waals surface area contributed by atoms with E-state index >= 15 is 0 Å². The van der Waals surface area contributed by atoms with Crippen LogP contribution in [0.1, 0.15) is 23.8 Å². The summed E-state index contributed by atoms with van der Waals surface area (Å²) in [6.45, 7) is 0.0784. The lowest BCUT2D eigenvalue weighted by Gasteiger charge is -2.20. The Labute approximate surface area is 173 Å². The van der Waals surface area contributed by atoms with Crippen molar-refractivity contribution in [2.45, 2.75) is 12.5 Å². The maximum atomic E-state index is 13.0. The molecular weight excluding hydrogens is 390 g/mol. The molecule has 148 valence electrons. The van der Waals surface area contributed by atoms with Crippen LogP contribution >= 0.6 is 11.6 Å². The minimum Gasteiger partial charge on any atom is -0.495 e. The SMILES string of the molecule is COc1ccccc1NCC(=O)N1N=C(c2ccc(Cl)cc2)CC1c1ccco1. The first-order valence-corrected chi connectivity index (χ1v) is 9.59. The second-order valence-electron chi connectivity index (χ2n) is 6.58. The van der Waals surface area contributed by atoms with Crippen molar-refractivity contribution in [2.24, 2.45) is 5.10 Å². The van der Waals surface area contributed by atoms with Crippen LogP contribution in [-0.4, -0.2) is 30.3 Å². The molecule has 0 aliphatic carbocycles. The molecule has 7 heteroatoms. The zero-order valence-corrected chi connectivity index (χ0v) is 16.6. The van der Waals surface area contributed by atoms with Gasteiger partial charge in [-0.2, -0.15) is 5.10 Å². The van der Waals surface area contributed by atoms with Gasteiger partial charge in [-0.25, -0.2) is 5.01 Å². The van der Waals surface area contributed by atoms with Crippen LogP contribution in [0.3, 0.4) is 0 Å². The van der Waals surface area contributed by atoms with Gasteiger partial charge in [-0.3, -0.25) is 4.79 Å². The number of nitrogens with one attached hydrogen (secondary N) is 1. The number of hydrazone groups is 1. The summed E-state index contributed by atoms with van der Waals surface area (Å²) in [7, 11) is 1.60. The molecule has 2 aromatic carbocycles. The average Bonchev–Trinajstić information content (AvgIpc) is 3.42. The zero-order chi connectivity index (χ0) is 20.2. The Morgan fingerprint density at radius 1 is 1.21 bits per heavy atom. The summed E-state index contributed by atoms with van der Waals surface area (Å²) < 4.78 is 10.9. The molecule has 0 saturated carbocycles. The highest BCUT2D eigenvalue weighted by Gasteiger charge is 2.34. The summed E-state index contributed by atoms with van der Waals surface area (Å²) in [5, 5.41) is 9.89. The van der Waals surface area contributed by atoms with Crippen LogP contribution in [0.4, 0.5) is 5.69 Å². The molecule has 29 heavy (non-hydrogen) atoms. The van der Waals surface area contributed by atoms with Crippen LogP contribution in [0.25, 0.3) is 0 Å².